The summed E-state index contributed by atoms with van der Waals surface area (Å²) < 4.78 is 0. The molecule has 0 radical (unpaired) electrons. The van der Waals surface area contributed by atoms with Crippen molar-refractivity contribution < 1.29 is 0 Å². The van der Waals surface area contributed by atoms with Crippen LogP contribution in [-0.2, 0) is 0 Å². The molecule has 0 amide bonds. The van der Waals surface area contributed by atoms with Crippen LogP contribution in [0, 0.1) is 0 Å². The minimum absolute atomic E-state index is 0.462. The lowest BCUT2D eigenvalue weighted by molar-refractivity contribution is 0.716. The molecule has 1 unspecified atom stereocenters. The second-order valence-electron chi connectivity index (χ2n) is 4.42. The number of allylic oxidation sites excluding steroid dienone is 2. The van der Waals surface area contributed by atoms with Gasteiger partial charge >= 0.3 is 0 Å². The van der Waals surface area contributed by atoms with Crippen LogP contribution in [0.4, 0.5) is 5.82 Å². The van der Waals surface area contributed by atoms with Crippen LogP contribution in [0.5, 0.6) is 0 Å². The highest BCUT2D eigenvalue weighted by atomic mass is 15.0. The van der Waals surface area contributed by atoms with E-state index in [1.165, 1.54) is 0 Å². The van der Waals surface area contributed by atoms with Crippen LogP contribution in [0.25, 0.3) is 0 Å². The quantitative estimate of drug-likeness (QED) is 0.787. The maximum absolute atomic E-state index is 4.36. The van der Waals surface area contributed by atoms with Crippen molar-refractivity contribution in [3.8, 4) is 0 Å². The van der Waals surface area contributed by atoms with Crippen molar-refractivity contribution in [2.75, 3.05) is 5.32 Å². The highest BCUT2D eigenvalue weighted by Crippen LogP contribution is 2.28. The molecule has 86 valence electrons. The zero-order valence-electron chi connectivity index (χ0n) is 9.98. The van der Waals surface area contributed by atoms with E-state index in [4.69, 9.17) is 0 Å². The minimum Gasteiger partial charge on any atom is -0.368 e. The molecular formula is C13H19N3. The Hall–Kier alpha value is -1.38. The van der Waals surface area contributed by atoms with Gasteiger partial charge in [0.1, 0.15) is 12.1 Å². The van der Waals surface area contributed by atoms with E-state index in [1.807, 2.05) is 0 Å². The van der Waals surface area contributed by atoms with Crippen LogP contribution in [0.1, 0.15) is 44.7 Å². The van der Waals surface area contributed by atoms with E-state index >= 15 is 0 Å². The minimum atomic E-state index is 0.462. The van der Waals surface area contributed by atoms with E-state index in [0.717, 1.165) is 30.8 Å². The van der Waals surface area contributed by atoms with Crippen LogP contribution in [0.2, 0.25) is 0 Å². The summed E-state index contributed by atoms with van der Waals surface area (Å²) in [4.78, 5) is 8.62. The molecule has 1 heterocycles. The lowest BCUT2D eigenvalue weighted by Gasteiger charge is -2.14. The summed E-state index contributed by atoms with van der Waals surface area (Å²) >= 11 is 0. The van der Waals surface area contributed by atoms with Gasteiger partial charge in [0.25, 0.3) is 0 Å². The van der Waals surface area contributed by atoms with Gasteiger partial charge in [0.15, 0.2) is 0 Å². The second kappa shape index (κ2) is 5.10. The smallest absolute Gasteiger partial charge is 0.129 e. The Morgan fingerprint density at radius 2 is 2.12 bits per heavy atom. The molecule has 3 nitrogen and oxygen atoms in total. The zero-order valence-corrected chi connectivity index (χ0v) is 9.98. The molecule has 0 aromatic carbocycles. The lowest BCUT2D eigenvalue weighted by atomic mass is 10.0. The highest BCUT2D eigenvalue weighted by Gasteiger charge is 2.14. The summed E-state index contributed by atoms with van der Waals surface area (Å²) in [6.45, 7) is 4.33. The fraction of sp³-hybridized carbons (Fsp3) is 0.538. The molecule has 0 bridgehead atoms. The van der Waals surface area contributed by atoms with Gasteiger partial charge < -0.3 is 5.32 Å². The molecule has 2 rings (SSSR count). The van der Waals surface area contributed by atoms with E-state index < -0.39 is 0 Å². The first-order chi connectivity index (χ1) is 7.79. The lowest BCUT2D eigenvalue weighted by Crippen LogP contribution is -2.15. The molecule has 1 N–H and O–H groups in total. The number of rotatable bonds is 4. The average Bonchev–Trinajstić information content (AvgIpc) is 2.83. The molecule has 16 heavy (non-hydrogen) atoms. The van der Waals surface area contributed by atoms with Crippen molar-refractivity contribution in [1.29, 1.82) is 0 Å². The third kappa shape index (κ3) is 2.60. The van der Waals surface area contributed by atoms with E-state index in [1.54, 1.807) is 6.33 Å². The molecule has 1 aromatic heterocycles. The number of hydrogen-bond acceptors (Lipinski definition) is 3. The molecule has 1 aliphatic carbocycles. The van der Waals surface area contributed by atoms with Gasteiger partial charge in [-0.15, -0.1) is 0 Å². The first-order valence-corrected chi connectivity index (χ1v) is 6.03. The van der Waals surface area contributed by atoms with Crippen molar-refractivity contribution >= 4 is 5.82 Å². The number of nitrogens with zero attached hydrogens (tertiary/aromatic N) is 2. The monoisotopic (exact) mass is 217 g/mol. The van der Waals surface area contributed by atoms with Gasteiger partial charge in [-0.1, -0.05) is 19.1 Å². The molecule has 1 aromatic rings. The molecule has 1 atom stereocenters. The van der Waals surface area contributed by atoms with Crippen molar-refractivity contribution in [3.05, 3.63) is 30.2 Å². The Labute approximate surface area is 97.0 Å². The van der Waals surface area contributed by atoms with E-state index in [0.29, 0.717) is 12.0 Å². The summed E-state index contributed by atoms with van der Waals surface area (Å²) in [6, 6.07) is 2.55. The SMILES string of the molecule is CCC(C)Nc1cc(C2CC=CC2)ncn1. The van der Waals surface area contributed by atoms with Gasteiger partial charge in [0, 0.05) is 23.7 Å². The molecule has 0 aliphatic heterocycles. The molecule has 0 fully saturated rings. The van der Waals surface area contributed by atoms with Gasteiger partial charge in [-0.3, -0.25) is 0 Å². The third-order valence-electron chi connectivity index (χ3n) is 3.12. The largest absolute Gasteiger partial charge is 0.368 e. The normalized spacial score (nSPS) is 17.6. The van der Waals surface area contributed by atoms with E-state index in [2.05, 4.69) is 47.4 Å². The molecule has 1 aliphatic rings. The van der Waals surface area contributed by atoms with Crippen LogP contribution < -0.4 is 5.32 Å². The predicted octanol–water partition coefficient (Wildman–Crippen LogP) is 3.12. The Morgan fingerprint density at radius 1 is 1.38 bits per heavy atom. The van der Waals surface area contributed by atoms with Crippen molar-refractivity contribution in [2.45, 2.75) is 45.1 Å². The number of aromatic nitrogens is 2. The van der Waals surface area contributed by atoms with E-state index in [9.17, 15) is 0 Å². The number of anilines is 1. The molecular weight excluding hydrogens is 198 g/mol. The standard InChI is InChI=1S/C13H19N3/c1-3-10(2)16-13-8-12(14-9-15-13)11-6-4-5-7-11/h4-5,8-11H,3,6-7H2,1-2H3,(H,14,15,16). The maximum atomic E-state index is 4.36. The predicted molar refractivity (Wildman–Crippen MR) is 66.5 cm³/mol. The fourth-order valence-electron chi connectivity index (χ4n) is 1.89. The molecule has 3 heteroatoms. The van der Waals surface area contributed by atoms with Gasteiger partial charge in [0.05, 0.1) is 0 Å². The summed E-state index contributed by atoms with van der Waals surface area (Å²) in [5.41, 5.74) is 1.16. The van der Waals surface area contributed by atoms with Gasteiger partial charge in [-0.05, 0) is 26.2 Å². The Bertz CT molecular complexity index is 365. The summed E-state index contributed by atoms with van der Waals surface area (Å²) in [6.07, 6.45) is 9.45. The molecule has 0 spiro atoms. The van der Waals surface area contributed by atoms with Crippen LogP contribution in [0.15, 0.2) is 24.5 Å². The Balaban J connectivity index is 2.07. The van der Waals surface area contributed by atoms with Crippen molar-refractivity contribution in [3.63, 3.8) is 0 Å². The highest BCUT2D eigenvalue weighted by molar-refractivity contribution is 5.37. The Kier molecular flexibility index (Phi) is 3.54. The van der Waals surface area contributed by atoms with Gasteiger partial charge in [0.2, 0.25) is 0 Å². The van der Waals surface area contributed by atoms with E-state index in [-0.39, 0.29) is 0 Å². The van der Waals surface area contributed by atoms with Gasteiger partial charge in [-0.2, -0.15) is 0 Å². The molecule has 0 saturated heterocycles. The maximum Gasteiger partial charge on any atom is 0.129 e. The first-order valence-electron chi connectivity index (χ1n) is 6.03. The second-order valence-corrected chi connectivity index (χ2v) is 4.42. The van der Waals surface area contributed by atoms with Crippen LogP contribution in [-0.4, -0.2) is 16.0 Å². The number of nitrogens with one attached hydrogen (secondary N) is 1. The van der Waals surface area contributed by atoms with Crippen molar-refractivity contribution in [2.24, 2.45) is 0 Å². The first kappa shape index (κ1) is 11.1. The third-order valence-corrected chi connectivity index (χ3v) is 3.12. The van der Waals surface area contributed by atoms with Crippen LogP contribution in [0.3, 0.4) is 0 Å². The summed E-state index contributed by atoms with van der Waals surface area (Å²) in [7, 11) is 0. The Morgan fingerprint density at radius 3 is 2.81 bits per heavy atom. The van der Waals surface area contributed by atoms with Crippen LogP contribution >= 0.6 is 0 Å². The molecule has 0 saturated carbocycles. The summed E-state index contributed by atoms with van der Waals surface area (Å²) in [5.74, 6) is 1.51. The zero-order chi connectivity index (χ0) is 11.4. The topological polar surface area (TPSA) is 37.8 Å². The van der Waals surface area contributed by atoms with Crippen molar-refractivity contribution in [1.82, 2.24) is 9.97 Å². The fourth-order valence-corrected chi connectivity index (χ4v) is 1.89. The average molecular weight is 217 g/mol. The summed E-state index contributed by atoms with van der Waals surface area (Å²) in [5, 5.41) is 3.38. The van der Waals surface area contributed by atoms with Gasteiger partial charge in [-0.25, -0.2) is 9.97 Å². The number of hydrogen-bond donors (Lipinski definition) is 1.